The van der Waals surface area contributed by atoms with Gasteiger partial charge in [0.25, 0.3) is 0 Å². The topological polar surface area (TPSA) is 47.9 Å². The van der Waals surface area contributed by atoms with E-state index in [9.17, 15) is 4.79 Å². The lowest BCUT2D eigenvalue weighted by molar-refractivity contribution is -0.146. The smallest absolute Gasteiger partial charge is 0.318 e. The van der Waals surface area contributed by atoms with Gasteiger partial charge in [-0.05, 0) is 19.8 Å². The molecule has 0 bridgehead atoms. The molecule has 0 spiro atoms. The van der Waals surface area contributed by atoms with Crippen LogP contribution >= 0.6 is 0 Å². The van der Waals surface area contributed by atoms with Gasteiger partial charge in [0.15, 0.2) is 5.90 Å². The Bertz CT molecular complexity index is 213. The van der Waals surface area contributed by atoms with Gasteiger partial charge >= 0.3 is 5.97 Å². The molecule has 4 nitrogen and oxygen atoms in total. The van der Waals surface area contributed by atoms with Crippen LogP contribution in [0.1, 0.15) is 19.8 Å². The van der Waals surface area contributed by atoms with Crippen LogP contribution in [0.4, 0.5) is 0 Å². The van der Waals surface area contributed by atoms with Gasteiger partial charge in [0.1, 0.15) is 5.92 Å². The SMILES string of the molecule is CCOC(=O)C1CCCN=C1OC. The third kappa shape index (κ3) is 2.44. The molecule has 4 heteroatoms. The summed E-state index contributed by atoms with van der Waals surface area (Å²) in [4.78, 5) is 15.5. The third-order valence-electron chi connectivity index (χ3n) is 2.00. The van der Waals surface area contributed by atoms with Gasteiger partial charge in [-0.1, -0.05) is 0 Å². The lowest BCUT2D eigenvalue weighted by atomic mass is 10.0. The summed E-state index contributed by atoms with van der Waals surface area (Å²) >= 11 is 0. The van der Waals surface area contributed by atoms with Gasteiger partial charge in [0.05, 0.1) is 13.7 Å². The molecule has 1 aliphatic rings. The van der Waals surface area contributed by atoms with Gasteiger partial charge in [0, 0.05) is 6.54 Å². The molecule has 0 fully saturated rings. The number of nitrogens with zero attached hydrogens (tertiary/aromatic N) is 1. The summed E-state index contributed by atoms with van der Waals surface area (Å²) in [6.07, 6.45) is 1.71. The molecule has 0 aliphatic carbocycles. The molecule has 0 saturated heterocycles. The van der Waals surface area contributed by atoms with E-state index in [4.69, 9.17) is 9.47 Å². The van der Waals surface area contributed by atoms with E-state index in [0.29, 0.717) is 12.5 Å². The minimum Gasteiger partial charge on any atom is -0.484 e. The summed E-state index contributed by atoms with van der Waals surface area (Å²) in [5.41, 5.74) is 0. The fourth-order valence-corrected chi connectivity index (χ4v) is 1.39. The van der Waals surface area contributed by atoms with Crippen molar-refractivity contribution in [2.45, 2.75) is 19.8 Å². The highest BCUT2D eigenvalue weighted by Crippen LogP contribution is 2.16. The van der Waals surface area contributed by atoms with Crippen LogP contribution in [0.25, 0.3) is 0 Å². The van der Waals surface area contributed by atoms with Crippen molar-refractivity contribution in [2.24, 2.45) is 10.9 Å². The van der Waals surface area contributed by atoms with Crippen LogP contribution < -0.4 is 0 Å². The van der Waals surface area contributed by atoms with Crippen LogP contribution in [0.5, 0.6) is 0 Å². The van der Waals surface area contributed by atoms with Gasteiger partial charge in [-0.25, -0.2) is 0 Å². The zero-order valence-electron chi connectivity index (χ0n) is 8.08. The van der Waals surface area contributed by atoms with Gasteiger partial charge in [0.2, 0.25) is 0 Å². The van der Waals surface area contributed by atoms with Crippen LogP contribution in [0.3, 0.4) is 0 Å². The van der Waals surface area contributed by atoms with E-state index >= 15 is 0 Å². The van der Waals surface area contributed by atoms with Crippen molar-refractivity contribution >= 4 is 11.9 Å². The van der Waals surface area contributed by atoms with E-state index in [-0.39, 0.29) is 11.9 Å². The number of aliphatic imine (C=N–C) groups is 1. The second-order valence-electron chi connectivity index (χ2n) is 2.87. The minimum atomic E-state index is -0.279. The number of rotatable bonds is 2. The van der Waals surface area contributed by atoms with Crippen LogP contribution in [-0.2, 0) is 14.3 Å². The van der Waals surface area contributed by atoms with Gasteiger partial charge in [-0.2, -0.15) is 0 Å². The average Bonchev–Trinajstić information content (AvgIpc) is 2.18. The van der Waals surface area contributed by atoms with E-state index in [2.05, 4.69) is 4.99 Å². The zero-order valence-corrected chi connectivity index (χ0v) is 8.08. The summed E-state index contributed by atoms with van der Waals surface area (Å²) in [6, 6.07) is 0. The van der Waals surface area contributed by atoms with Crippen molar-refractivity contribution in [1.29, 1.82) is 0 Å². The Kier molecular flexibility index (Phi) is 3.73. The number of methoxy groups -OCH3 is 1. The number of ether oxygens (including phenoxy) is 2. The number of hydrogen-bond acceptors (Lipinski definition) is 4. The number of esters is 1. The molecule has 1 rings (SSSR count). The van der Waals surface area contributed by atoms with E-state index < -0.39 is 0 Å². The van der Waals surface area contributed by atoms with Gasteiger partial charge in [-0.15, -0.1) is 0 Å². The molecule has 0 aromatic carbocycles. The Labute approximate surface area is 77.9 Å². The van der Waals surface area contributed by atoms with E-state index in [1.54, 1.807) is 6.92 Å². The maximum Gasteiger partial charge on any atom is 0.318 e. The van der Waals surface area contributed by atoms with Crippen molar-refractivity contribution in [3.05, 3.63) is 0 Å². The fourth-order valence-electron chi connectivity index (χ4n) is 1.39. The molecule has 1 atom stereocenters. The highest BCUT2D eigenvalue weighted by atomic mass is 16.5. The largest absolute Gasteiger partial charge is 0.484 e. The number of carbonyl (C=O) groups is 1. The molecule has 13 heavy (non-hydrogen) atoms. The first-order valence-electron chi connectivity index (χ1n) is 4.54. The number of hydrogen-bond donors (Lipinski definition) is 0. The maximum atomic E-state index is 11.4. The van der Waals surface area contributed by atoms with Crippen molar-refractivity contribution in [3.8, 4) is 0 Å². The van der Waals surface area contributed by atoms with Crippen molar-refractivity contribution < 1.29 is 14.3 Å². The summed E-state index contributed by atoms with van der Waals surface area (Å²) in [7, 11) is 1.54. The molecule has 1 unspecified atom stereocenters. The Hall–Kier alpha value is -1.06. The van der Waals surface area contributed by atoms with Crippen LogP contribution in [0.2, 0.25) is 0 Å². The molecular formula is C9H15NO3. The highest BCUT2D eigenvalue weighted by Gasteiger charge is 2.28. The predicted octanol–water partition coefficient (Wildman–Crippen LogP) is 1.00. The molecular weight excluding hydrogens is 170 g/mol. The maximum absolute atomic E-state index is 11.4. The lowest BCUT2D eigenvalue weighted by Crippen LogP contribution is -2.30. The summed E-state index contributed by atoms with van der Waals surface area (Å²) in [5, 5.41) is 0. The summed E-state index contributed by atoms with van der Waals surface area (Å²) < 4.78 is 9.93. The molecule has 0 radical (unpaired) electrons. The minimum absolute atomic E-state index is 0.220. The normalized spacial score (nSPS) is 22.0. The second-order valence-corrected chi connectivity index (χ2v) is 2.87. The Morgan fingerprint density at radius 1 is 1.69 bits per heavy atom. The first-order chi connectivity index (χ1) is 6.29. The van der Waals surface area contributed by atoms with Crippen LogP contribution in [0.15, 0.2) is 4.99 Å². The third-order valence-corrected chi connectivity index (χ3v) is 2.00. The molecule has 1 heterocycles. The second kappa shape index (κ2) is 4.84. The monoisotopic (exact) mass is 185 g/mol. The average molecular weight is 185 g/mol. The first kappa shape index (κ1) is 10.0. The molecule has 0 saturated carbocycles. The quantitative estimate of drug-likeness (QED) is 0.603. The summed E-state index contributed by atoms with van der Waals surface area (Å²) in [6.45, 7) is 2.95. The molecule has 0 aromatic heterocycles. The Morgan fingerprint density at radius 3 is 3.08 bits per heavy atom. The molecule has 0 aromatic rings. The van der Waals surface area contributed by atoms with E-state index in [1.165, 1.54) is 7.11 Å². The standard InChI is InChI=1S/C9H15NO3/c1-3-13-9(11)7-5-4-6-10-8(7)12-2/h7H,3-6H2,1-2H3. The lowest BCUT2D eigenvalue weighted by Gasteiger charge is -2.19. The van der Waals surface area contributed by atoms with E-state index in [0.717, 1.165) is 19.4 Å². The number of carbonyl (C=O) groups excluding carboxylic acids is 1. The Morgan fingerprint density at radius 2 is 2.46 bits per heavy atom. The van der Waals surface area contributed by atoms with Crippen molar-refractivity contribution in [3.63, 3.8) is 0 Å². The van der Waals surface area contributed by atoms with Crippen LogP contribution in [-0.4, -0.2) is 32.1 Å². The van der Waals surface area contributed by atoms with Crippen molar-refractivity contribution in [1.82, 2.24) is 0 Å². The molecule has 0 N–H and O–H groups in total. The fraction of sp³-hybridized carbons (Fsp3) is 0.778. The van der Waals surface area contributed by atoms with Gasteiger partial charge < -0.3 is 9.47 Å². The molecule has 1 aliphatic heterocycles. The molecule has 0 amide bonds. The Balaban J connectivity index is 2.60. The first-order valence-corrected chi connectivity index (χ1v) is 4.54. The van der Waals surface area contributed by atoms with E-state index in [1.807, 2.05) is 0 Å². The van der Waals surface area contributed by atoms with Crippen molar-refractivity contribution in [2.75, 3.05) is 20.3 Å². The summed E-state index contributed by atoms with van der Waals surface area (Å²) in [5.74, 6) is 0.0196. The predicted molar refractivity (Wildman–Crippen MR) is 48.7 cm³/mol. The highest BCUT2D eigenvalue weighted by molar-refractivity contribution is 5.98. The zero-order chi connectivity index (χ0) is 9.68. The van der Waals surface area contributed by atoms with Gasteiger partial charge in [-0.3, -0.25) is 9.79 Å². The molecule has 74 valence electrons. The van der Waals surface area contributed by atoms with Crippen LogP contribution in [0, 0.1) is 5.92 Å².